The second kappa shape index (κ2) is 7.40. The van der Waals surface area contributed by atoms with Gasteiger partial charge in [0.1, 0.15) is 0 Å². The minimum atomic E-state index is -0.385. The number of carbonyl (C=O) groups excluding carboxylic acids is 2. The molecule has 3 rings (SSSR count). The Bertz CT molecular complexity index is 612. The summed E-state index contributed by atoms with van der Waals surface area (Å²) < 4.78 is 0. The number of hydrogen-bond donors (Lipinski definition) is 2. The van der Waals surface area contributed by atoms with Gasteiger partial charge in [0.2, 0.25) is 5.91 Å². The van der Waals surface area contributed by atoms with Gasteiger partial charge >= 0.3 is 6.03 Å². The largest absolute Gasteiger partial charge is 0.368 e. The van der Waals surface area contributed by atoms with Gasteiger partial charge in [0, 0.05) is 32.2 Å². The van der Waals surface area contributed by atoms with Gasteiger partial charge in [-0.15, -0.1) is 0 Å². The Morgan fingerprint density at radius 2 is 1.83 bits per heavy atom. The Morgan fingerprint density at radius 1 is 1.17 bits per heavy atom. The van der Waals surface area contributed by atoms with Crippen LogP contribution in [-0.2, 0) is 4.79 Å². The number of nitrogens with zero attached hydrogens (tertiary/aromatic N) is 2. The normalized spacial score (nSPS) is 19.7. The van der Waals surface area contributed by atoms with Crippen LogP contribution in [0.5, 0.6) is 0 Å². The molecule has 130 valence electrons. The van der Waals surface area contributed by atoms with Gasteiger partial charge in [0.05, 0.1) is 16.8 Å². The Balaban J connectivity index is 1.49. The molecule has 2 fully saturated rings. The summed E-state index contributed by atoms with van der Waals surface area (Å²) in [6.45, 7) is 4.95. The van der Waals surface area contributed by atoms with Crippen molar-refractivity contribution in [2.45, 2.75) is 31.8 Å². The first-order valence-corrected chi connectivity index (χ1v) is 8.77. The van der Waals surface area contributed by atoms with Crippen LogP contribution in [0, 0.1) is 0 Å². The molecule has 0 spiro atoms. The molecule has 0 unspecified atom stereocenters. The molecule has 1 atom stereocenters. The SMILES string of the molecule is C[C@@H](C(=O)NC(=O)NC1CC1)N1CCN(c2ccccc2Cl)CC1. The maximum Gasteiger partial charge on any atom is 0.321 e. The molecular formula is C17H23ClN4O2. The topological polar surface area (TPSA) is 64.7 Å². The van der Waals surface area contributed by atoms with E-state index in [2.05, 4.69) is 20.4 Å². The van der Waals surface area contributed by atoms with Crippen LogP contribution in [0.25, 0.3) is 0 Å². The molecule has 6 nitrogen and oxygen atoms in total. The summed E-state index contributed by atoms with van der Waals surface area (Å²) in [6.07, 6.45) is 2.00. The maximum absolute atomic E-state index is 12.2. The molecule has 1 aromatic rings. The Labute approximate surface area is 147 Å². The number of urea groups is 1. The molecule has 1 saturated carbocycles. The van der Waals surface area contributed by atoms with E-state index in [0.29, 0.717) is 0 Å². The molecule has 0 aromatic heterocycles. The van der Waals surface area contributed by atoms with Crippen LogP contribution in [-0.4, -0.2) is 55.1 Å². The lowest BCUT2D eigenvalue weighted by molar-refractivity contribution is -0.124. The van der Waals surface area contributed by atoms with E-state index in [1.807, 2.05) is 31.2 Å². The predicted octanol–water partition coefficient (Wildman–Crippen LogP) is 1.84. The predicted molar refractivity (Wildman–Crippen MR) is 94.4 cm³/mol. The third kappa shape index (κ3) is 4.19. The number of imide groups is 1. The minimum absolute atomic E-state index is 0.243. The van der Waals surface area contributed by atoms with Gasteiger partial charge in [0.25, 0.3) is 0 Å². The summed E-state index contributed by atoms with van der Waals surface area (Å²) in [4.78, 5) is 28.2. The van der Waals surface area contributed by atoms with Gasteiger partial charge in [-0.3, -0.25) is 15.0 Å². The van der Waals surface area contributed by atoms with Crippen molar-refractivity contribution in [3.8, 4) is 0 Å². The fraction of sp³-hybridized carbons (Fsp3) is 0.529. The van der Waals surface area contributed by atoms with E-state index in [-0.39, 0.29) is 24.0 Å². The molecule has 1 aliphatic heterocycles. The molecule has 3 amide bonds. The second-order valence-electron chi connectivity index (χ2n) is 6.39. The van der Waals surface area contributed by atoms with E-state index in [1.165, 1.54) is 0 Å². The number of benzene rings is 1. The molecule has 2 N–H and O–H groups in total. The summed E-state index contributed by atoms with van der Waals surface area (Å²) in [6, 6.07) is 7.32. The lowest BCUT2D eigenvalue weighted by atomic mass is 10.2. The van der Waals surface area contributed by atoms with E-state index >= 15 is 0 Å². The molecule has 0 bridgehead atoms. The first-order valence-electron chi connectivity index (χ1n) is 8.39. The van der Waals surface area contributed by atoms with Crippen molar-refractivity contribution < 1.29 is 9.59 Å². The van der Waals surface area contributed by atoms with E-state index in [0.717, 1.165) is 49.7 Å². The number of halogens is 1. The Morgan fingerprint density at radius 3 is 2.46 bits per heavy atom. The van der Waals surface area contributed by atoms with Crippen LogP contribution in [0.4, 0.5) is 10.5 Å². The van der Waals surface area contributed by atoms with E-state index < -0.39 is 0 Å². The van der Waals surface area contributed by atoms with Crippen LogP contribution in [0.15, 0.2) is 24.3 Å². The first-order chi connectivity index (χ1) is 11.5. The number of rotatable bonds is 4. The minimum Gasteiger partial charge on any atom is -0.368 e. The van der Waals surface area contributed by atoms with Crippen molar-refractivity contribution in [1.82, 2.24) is 15.5 Å². The standard InChI is InChI=1S/C17H23ClN4O2/c1-12(16(23)20-17(24)19-13-6-7-13)21-8-10-22(11-9-21)15-5-3-2-4-14(15)18/h2-5,12-13H,6-11H2,1H3,(H2,19,20,23,24)/t12-/m0/s1. The van der Waals surface area contributed by atoms with Crippen LogP contribution in [0.2, 0.25) is 5.02 Å². The van der Waals surface area contributed by atoms with Crippen molar-refractivity contribution in [3.05, 3.63) is 29.3 Å². The number of para-hydroxylation sites is 1. The van der Waals surface area contributed by atoms with E-state index in [4.69, 9.17) is 11.6 Å². The highest BCUT2D eigenvalue weighted by Crippen LogP contribution is 2.26. The second-order valence-corrected chi connectivity index (χ2v) is 6.79. The summed E-state index contributed by atoms with van der Waals surface area (Å²) in [5.74, 6) is -0.251. The van der Waals surface area contributed by atoms with E-state index in [9.17, 15) is 9.59 Å². The van der Waals surface area contributed by atoms with Gasteiger partial charge in [0.15, 0.2) is 0 Å². The molecule has 1 aliphatic carbocycles. The van der Waals surface area contributed by atoms with Crippen LogP contribution >= 0.6 is 11.6 Å². The van der Waals surface area contributed by atoms with Crippen LogP contribution in [0.3, 0.4) is 0 Å². The van der Waals surface area contributed by atoms with Crippen molar-refractivity contribution >= 4 is 29.2 Å². The van der Waals surface area contributed by atoms with Gasteiger partial charge in [-0.1, -0.05) is 23.7 Å². The highest BCUT2D eigenvalue weighted by Gasteiger charge is 2.29. The number of carbonyl (C=O) groups is 2. The number of nitrogens with one attached hydrogen (secondary N) is 2. The average molecular weight is 351 g/mol. The van der Waals surface area contributed by atoms with Crippen molar-refractivity contribution in [1.29, 1.82) is 0 Å². The number of hydrogen-bond acceptors (Lipinski definition) is 4. The highest BCUT2D eigenvalue weighted by molar-refractivity contribution is 6.33. The zero-order chi connectivity index (χ0) is 17.1. The molecule has 1 heterocycles. The summed E-state index contributed by atoms with van der Waals surface area (Å²) in [7, 11) is 0. The fourth-order valence-corrected chi connectivity index (χ4v) is 3.14. The van der Waals surface area contributed by atoms with E-state index in [1.54, 1.807) is 0 Å². The third-order valence-electron chi connectivity index (χ3n) is 4.58. The molecule has 1 saturated heterocycles. The highest BCUT2D eigenvalue weighted by atomic mass is 35.5. The molecule has 24 heavy (non-hydrogen) atoms. The van der Waals surface area contributed by atoms with Gasteiger partial charge in [-0.25, -0.2) is 4.79 Å². The molecule has 7 heteroatoms. The molecule has 2 aliphatic rings. The lowest BCUT2D eigenvalue weighted by Gasteiger charge is -2.38. The van der Waals surface area contributed by atoms with Crippen molar-refractivity contribution in [3.63, 3.8) is 0 Å². The maximum atomic E-state index is 12.2. The van der Waals surface area contributed by atoms with Gasteiger partial charge in [-0.2, -0.15) is 0 Å². The average Bonchev–Trinajstić information content (AvgIpc) is 3.38. The van der Waals surface area contributed by atoms with Gasteiger partial charge < -0.3 is 10.2 Å². The summed E-state index contributed by atoms with van der Waals surface area (Å²) in [5.41, 5.74) is 1.03. The van der Waals surface area contributed by atoms with Crippen LogP contribution < -0.4 is 15.5 Å². The number of amides is 3. The first kappa shape index (κ1) is 17.0. The Kier molecular flexibility index (Phi) is 5.26. The lowest BCUT2D eigenvalue weighted by Crippen LogP contribution is -2.55. The van der Waals surface area contributed by atoms with Gasteiger partial charge in [-0.05, 0) is 31.9 Å². The zero-order valence-electron chi connectivity index (χ0n) is 13.8. The molecule has 1 aromatic carbocycles. The number of anilines is 1. The fourth-order valence-electron chi connectivity index (χ4n) is 2.89. The molecular weight excluding hydrogens is 328 g/mol. The summed E-state index contributed by atoms with van der Waals surface area (Å²) in [5, 5.41) is 5.94. The quantitative estimate of drug-likeness (QED) is 0.869. The smallest absolute Gasteiger partial charge is 0.321 e. The monoisotopic (exact) mass is 350 g/mol. The Hall–Kier alpha value is -1.79. The van der Waals surface area contributed by atoms with Crippen molar-refractivity contribution in [2.24, 2.45) is 0 Å². The number of piperazine rings is 1. The van der Waals surface area contributed by atoms with Crippen LogP contribution in [0.1, 0.15) is 19.8 Å². The summed E-state index contributed by atoms with van der Waals surface area (Å²) >= 11 is 6.25. The zero-order valence-corrected chi connectivity index (χ0v) is 14.6. The third-order valence-corrected chi connectivity index (χ3v) is 4.90. The molecule has 0 radical (unpaired) electrons. The van der Waals surface area contributed by atoms with Crippen molar-refractivity contribution in [2.75, 3.05) is 31.1 Å².